The van der Waals surface area contributed by atoms with Gasteiger partial charge in [0.25, 0.3) is 5.91 Å². The van der Waals surface area contributed by atoms with Gasteiger partial charge in [0.1, 0.15) is 0 Å². The largest absolute Gasteiger partial charge is 0.490 e. The van der Waals surface area contributed by atoms with Crippen molar-refractivity contribution in [1.29, 1.82) is 0 Å². The van der Waals surface area contributed by atoms with Crippen LogP contribution in [0.1, 0.15) is 55.1 Å². The zero-order chi connectivity index (χ0) is 18.9. The smallest absolute Gasteiger partial charge is 0.255 e. The maximum absolute atomic E-state index is 12.8. The van der Waals surface area contributed by atoms with Gasteiger partial charge < -0.3 is 14.8 Å². The number of carbonyl (C=O) groups is 1. The van der Waals surface area contributed by atoms with Crippen LogP contribution in [0.4, 0.5) is 5.69 Å². The van der Waals surface area contributed by atoms with Gasteiger partial charge in [-0.2, -0.15) is 0 Å². The first-order chi connectivity index (χ1) is 12.6. The number of aryl methyl sites for hydroxylation is 2. The van der Waals surface area contributed by atoms with Crippen LogP contribution in [-0.2, 0) is 6.42 Å². The first-order valence-electron chi connectivity index (χ1n) is 9.40. The first kappa shape index (κ1) is 19.8. The zero-order valence-electron chi connectivity index (χ0n) is 16.2. The lowest BCUT2D eigenvalue weighted by molar-refractivity contribution is 0.102. The van der Waals surface area contributed by atoms with E-state index in [0.29, 0.717) is 30.3 Å². The zero-order valence-corrected chi connectivity index (χ0v) is 16.2. The molecule has 26 heavy (non-hydrogen) atoms. The second kappa shape index (κ2) is 9.85. The monoisotopic (exact) mass is 355 g/mol. The van der Waals surface area contributed by atoms with Gasteiger partial charge in [-0.25, -0.2) is 0 Å². The van der Waals surface area contributed by atoms with E-state index in [9.17, 15) is 4.79 Å². The summed E-state index contributed by atoms with van der Waals surface area (Å²) in [5, 5.41) is 3.06. The van der Waals surface area contributed by atoms with Gasteiger partial charge in [0.05, 0.1) is 13.2 Å². The second-order valence-electron chi connectivity index (χ2n) is 6.28. The van der Waals surface area contributed by atoms with Crippen molar-refractivity contribution in [2.75, 3.05) is 18.5 Å². The van der Waals surface area contributed by atoms with E-state index in [1.807, 2.05) is 38.1 Å². The summed E-state index contributed by atoms with van der Waals surface area (Å²) in [6, 6.07) is 11.4. The summed E-state index contributed by atoms with van der Waals surface area (Å²) in [6.07, 6.45) is 2.68. The van der Waals surface area contributed by atoms with E-state index < -0.39 is 0 Å². The fourth-order valence-electron chi connectivity index (χ4n) is 2.69. The minimum atomic E-state index is -0.141. The van der Waals surface area contributed by atoms with E-state index in [-0.39, 0.29) is 5.91 Å². The van der Waals surface area contributed by atoms with Crippen LogP contribution < -0.4 is 14.8 Å². The Hall–Kier alpha value is -2.49. The van der Waals surface area contributed by atoms with Crippen LogP contribution in [0.3, 0.4) is 0 Å². The second-order valence-corrected chi connectivity index (χ2v) is 6.28. The molecule has 4 nitrogen and oxygen atoms in total. The Bertz CT molecular complexity index is 740. The number of anilines is 1. The van der Waals surface area contributed by atoms with Crippen molar-refractivity contribution in [3.63, 3.8) is 0 Å². The van der Waals surface area contributed by atoms with Gasteiger partial charge in [-0.15, -0.1) is 0 Å². The number of nitrogens with one attached hydrogen (secondary N) is 1. The molecular formula is C22H29NO3. The van der Waals surface area contributed by atoms with E-state index in [1.54, 1.807) is 12.1 Å². The average molecular weight is 355 g/mol. The standard InChI is InChI=1S/C22H29NO3/c1-5-13-25-19-12-11-18(15-20(19)26-14-6-2)22(24)23-21-16(4)9-8-10-17(21)7-3/h8-12,15H,5-7,13-14H2,1-4H3,(H,23,24). The summed E-state index contributed by atoms with van der Waals surface area (Å²) in [5.41, 5.74) is 3.64. The lowest BCUT2D eigenvalue weighted by atomic mass is 10.1. The molecule has 0 fully saturated rings. The summed E-state index contributed by atoms with van der Waals surface area (Å²) in [6.45, 7) is 9.41. The lowest BCUT2D eigenvalue weighted by Gasteiger charge is -2.15. The summed E-state index contributed by atoms with van der Waals surface area (Å²) in [4.78, 5) is 12.8. The van der Waals surface area contributed by atoms with Gasteiger partial charge in [-0.05, 0) is 55.5 Å². The van der Waals surface area contributed by atoms with Crippen molar-refractivity contribution in [3.05, 3.63) is 53.1 Å². The Morgan fingerprint density at radius 2 is 1.65 bits per heavy atom. The maximum atomic E-state index is 12.8. The third-order valence-electron chi connectivity index (χ3n) is 4.11. The third-order valence-corrected chi connectivity index (χ3v) is 4.11. The van der Waals surface area contributed by atoms with Crippen LogP contribution >= 0.6 is 0 Å². The fourth-order valence-corrected chi connectivity index (χ4v) is 2.69. The van der Waals surface area contributed by atoms with E-state index in [0.717, 1.165) is 36.1 Å². The third kappa shape index (κ3) is 5.01. The maximum Gasteiger partial charge on any atom is 0.255 e. The quantitative estimate of drug-likeness (QED) is 0.656. The highest BCUT2D eigenvalue weighted by molar-refractivity contribution is 6.05. The summed E-state index contributed by atoms with van der Waals surface area (Å²) in [7, 11) is 0. The number of para-hydroxylation sites is 1. The Morgan fingerprint density at radius 1 is 0.962 bits per heavy atom. The molecule has 0 unspecified atom stereocenters. The summed E-state index contributed by atoms with van der Waals surface area (Å²) >= 11 is 0. The average Bonchev–Trinajstić information content (AvgIpc) is 2.66. The van der Waals surface area contributed by atoms with Gasteiger partial charge in [0, 0.05) is 11.3 Å². The van der Waals surface area contributed by atoms with Crippen molar-refractivity contribution in [1.82, 2.24) is 0 Å². The highest BCUT2D eigenvalue weighted by Gasteiger charge is 2.14. The number of benzene rings is 2. The van der Waals surface area contributed by atoms with E-state index >= 15 is 0 Å². The molecule has 2 aromatic carbocycles. The normalized spacial score (nSPS) is 10.5. The number of hydrogen-bond donors (Lipinski definition) is 1. The van der Waals surface area contributed by atoms with E-state index in [2.05, 4.69) is 19.2 Å². The molecule has 1 N–H and O–H groups in total. The SMILES string of the molecule is CCCOc1ccc(C(=O)Nc2c(C)cccc2CC)cc1OCCC. The highest BCUT2D eigenvalue weighted by atomic mass is 16.5. The minimum absolute atomic E-state index is 0.141. The fraction of sp³-hybridized carbons (Fsp3) is 0.409. The van der Waals surface area contributed by atoms with Crippen molar-refractivity contribution in [2.45, 2.75) is 47.0 Å². The Kier molecular flexibility index (Phi) is 7.52. The van der Waals surface area contributed by atoms with Crippen molar-refractivity contribution >= 4 is 11.6 Å². The van der Waals surface area contributed by atoms with Gasteiger partial charge in [0.2, 0.25) is 0 Å². The van der Waals surface area contributed by atoms with Gasteiger partial charge in [-0.3, -0.25) is 4.79 Å². The first-order valence-corrected chi connectivity index (χ1v) is 9.40. The molecule has 0 aromatic heterocycles. The van der Waals surface area contributed by atoms with E-state index in [4.69, 9.17) is 9.47 Å². The van der Waals surface area contributed by atoms with Crippen LogP contribution in [0.15, 0.2) is 36.4 Å². The number of ether oxygens (including phenoxy) is 2. The van der Waals surface area contributed by atoms with Gasteiger partial charge in [0.15, 0.2) is 11.5 Å². The van der Waals surface area contributed by atoms with Crippen LogP contribution in [0.2, 0.25) is 0 Å². The molecule has 140 valence electrons. The van der Waals surface area contributed by atoms with Gasteiger partial charge >= 0.3 is 0 Å². The van der Waals surface area contributed by atoms with Crippen LogP contribution in [0.25, 0.3) is 0 Å². The molecule has 0 bridgehead atoms. The molecule has 0 atom stereocenters. The molecule has 0 saturated carbocycles. The molecule has 0 aliphatic heterocycles. The van der Waals surface area contributed by atoms with Crippen LogP contribution in [-0.4, -0.2) is 19.1 Å². The molecule has 0 aliphatic rings. The molecule has 0 radical (unpaired) electrons. The van der Waals surface area contributed by atoms with Gasteiger partial charge in [-0.1, -0.05) is 39.0 Å². The Labute approximate surface area is 156 Å². The number of amides is 1. The van der Waals surface area contributed by atoms with E-state index in [1.165, 1.54) is 0 Å². The summed E-state index contributed by atoms with van der Waals surface area (Å²) in [5.74, 6) is 1.16. The molecule has 0 spiro atoms. The minimum Gasteiger partial charge on any atom is -0.490 e. The van der Waals surface area contributed by atoms with Crippen molar-refractivity contribution in [2.24, 2.45) is 0 Å². The predicted octanol–water partition coefficient (Wildman–Crippen LogP) is 5.39. The topological polar surface area (TPSA) is 47.6 Å². The predicted molar refractivity (Wildman–Crippen MR) is 107 cm³/mol. The molecule has 2 rings (SSSR count). The van der Waals surface area contributed by atoms with Crippen molar-refractivity contribution < 1.29 is 14.3 Å². The van der Waals surface area contributed by atoms with Crippen molar-refractivity contribution in [3.8, 4) is 11.5 Å². The molecule has 1 amide bonds. The Balaban J connectivity index is 2.25. The number of rotatable bonds is 9. The number of hydrogen-bond acceptors (Lipinski definition) is 3. The Morgan fingerprint density at radius 3 is 2.31 bits per heavy atom. The summed E-state index contributed by atoms with van der Waals surface area (Å²) < 4.78 is 11.5. The molecular weight excluding hydrogens is 326 g/mol. The molecule has 2 aromatic rings. The molecule has 0 heterocycles. The molecule has 0 aliphatic carbocycles. The highest BCUT2D eigenvalue weighted by Crippen LogP contribution is 2.30. The molecule has 4 heteroatoms. The molecule has 0 saturated heterocycles. The van der Waals surface area contributed by atoms with Crippen LogP contribution in [0, 0.1) is 6.92 Å². The number of carbonyl (C=O) groups excluding carboxylic acids is 1. The van der Waals surface area contributed by atoms with Crippen LogP contribution in [0.5, 0.6) is 11.5 Å². The lowest BCUT2D eigenvalue weighted by Crippen LogP contribution is -2.14.